The van der Waals surface area contributed by atoms with Gasteiger partial charge >= 0.3 is 0 Å². The number of nitrogens with one attached hydrogen (secondary N) is 1. The molecule has 0 aromatic carbocycles. The Kier molecular flexibility index (Phi) is 3.21. The monoisotopic (exact) mass is 211 g/mol. The molecule has 0 aliphatic carbocycles. The third-order valence-corrected chi connectivity index (χ3v) is 3.61. The molecule has 3 heteroatoms. The Morgan fingerprint density at radius 2 is 2.36 bits per heavy atom. The molecule has 0 saturated carbocycles. The van der Waals surface area contributed by atoms with E-state index in [-0.39, 0.29) is 6.10 Å². The van der Waals surface area contributed by atoms with Crippen molar-refractivity contribution in [1.29, 1.82) is 0 Å². The average Bonchev–Trinajstić information content (AvgIpc) is 2.59. The van der Waals surface area contributed by atoms with Crippen molar-refractivity contribution in [2.75, 3.05) is 6.61 Å². The molecule has 2 nitrogen and oxygen atoms in total. The number of ether oxygens (including phenoxy) is 1. The molecule has 1 aromatic rings. The number of rotatable bonds is 1. The molecular weight excluding hydrogens is 194 g/mol. The van der Waals surface area contributed by atoms with Crippen molar-refractivity contribution in [1.82, 2.24) is 5.32 Å². The number of thiophene rings is 1. The minimum Gasteiger partial charge on any atom is -0.371 e. The summed E-state index contributed by atoms with van der Waals surface area (Å²) in [7, 11) is 0. The number of hydrogen-bond donors (Lipinski definition) is 1. The normalized spacial score (nSPS) is 34.0. The predicted octanol–water partition coefficient (Wildman–Crippen LogP) is 2.58. The van der Waals surface area contributed by atoms with E-state index in [1.165, 1.54) is 4.88 Å². The Morgan fingerprint density at radius 1 is 1.50 bits per heavy atom. The van der Waals surface area contributed by atoms with E-state index in [2.05, 4.69) is 36.7 Å². The van der Waals surface area contributed by atoms with Crippen molar-refractivity contribution in [3.05, 3.63) is 22.4 Å². The Hall–Kier alpha value is -0.380. The summed E-state index contributed by atoms with van der Waals surface area (Å²) in [6.45, 7) is 5.28. The predicted molar refractivity (Wildman–Crippen MR) is 59.7 cm³/mol. The molecule has 1 aliphatic rings. The van der Waals surface area contributed by atoms with Gasteiger partial charge in [-0.3, -0.25) is 0 Å². The molecule has 2 rings (SSSR count). The third-order valence-electron chi connectivity index (χ3n) is 2.67. The zero-order chi connectivity index (χ0) is 9.97. The molecule has 78 valence electrons. The zero-order valence-electron chi connectivity index (χ0n) is 8.69. The van der Waals surface area contributed by atoms with Crippen LogP contribution in [0.2, 0.25) is 0 Å². The van der Waals surface area contributed by atoms with Gasteiger partial charge in [0, 0.05) is 23.6 Å². The molecule has 1 aliphatic heterocycles. The fourth-order valence-electron chi connectivity index (χ4n) is 1.92. The Labute approximate surface area is 89.3 Å². The first-order valence-corrected chi connectivity index (χ1v) is 6.06. The van der Waals surface area contributed by atoms with Gasteiger partial charge in [-0.15, -0.1) is 11.3 Å². The van der Waals surface area contributed by atoms with Gasteiger partial charge in [-0.1, -0.05) is 6.07 Å². The fourth-order valence-corrected chi connectivity index (χ4v) is 2.80. The molecule has 1 N–H and O–H groups in total. The fraction of sp³-hybridized carbons (Fsp3) is 0.636. The Morgan fingerprint density at radius 3 is 3.07 bits per heavy atom. The summed E-state index contributed by atoms with van der Waals surface area (Å²) in [5, 5.41) is 5.67. The van der Waals surface area contributed by atoms with Crippen molar-refractivity contribution >= 4 is 11.3 Å². The van der Waals surface area contributed by atoms with Crippen molar-refractivity contribution in [3.8, 4) is 0 Å². The van der Waals surface area contributed by atoms with E-state index in [1.54, 1.807) is 11.3 Å². The highest BCUT2D eigenvalue weighted by Gasteiger charge is 2.25. The van der Waals surface area contributed by atoms with Crippen LogP contribution >= 0.6 is 11.3 Å². The van der Waals surface area contributed by atoms with Crippen LogP contribution in [0.5, 0.6) is 0 Å². The maximum atomic E-state index is 5.88. The van der Waals surface area contributed by atoms with E-state index in [0.717, 1.165) is 13.0 Å². The van der Waals surface area contributed by atoms with E-state index in [4.69, 9.17) is 4.74 Å². The van der Waals surface area contributed by atoms with E-state index in [0.29, 0.717) is 12.1 Å². The van der Waals surface area contributed by atoms with E-state index >= 15 is 0 Å². The minimum absolute atomic E-state index is 0.236. The lowest BCUT2D eigenvalue weighted by Crippen LogP contribution is -2.36. The quantitative estimate of drug-likeness (QED) is 0.771. The summed E-state index contributed by atoms with van der Waals surface area (Å²) < 4.78 is 5.88. The van der Waals surface area contributed by atoms with Crippen LogP contribution < -0.4 is 5.32 Å². The van der Waals surface area contributed by atoms with Gasteiger partial charge in [0.25, 0.3) is 0 Å². The molecule has 0 radical (unpaired) electrons. The van der Waals surface area contributed by atoms with E-state index in [1.807, 2.05) is 0 Å². The van der Waals surface area contributed by atoms with Gasteiger partial charge in [0.1, 0.15) is 6.10 Å². The zero-order valence-corrected chi connectivity index (χ0v) is 9.51. The molecule has 1 saturated heterocycles. The lowest BCUT2D eigenvalue weighted by Gasteiger charge is -2.22. The molecule has 1 aromatic heterocycles. The average molecular weight is 211 g/mol. The van der Waals surface area contributed by atoms with E-state index < -0.39 is 0 Å². The lowest BCUT2D eigenvalue weighted by atomic mass is 10.1. The SMILES string of the molecule is CC1CCOC(c2cccs2)C(C)N1. The Balaban J connectivity index is 2.11. The van der Waals surface area contributed by atoms with Crippen LogP contribution in [-0.2, 0) is 4.74 Å². The highest BCUT2D eigenvalue weighted by molar-refractivity contribution is 7.10. The first-order valence-electron chi connectivity index (χ1n) is 5.18. The molecule has 0 bridgehead atoms. The van der Waals surface area contributed by atoms with E-state index in [9.17, 15) is 0 Å². The molecule has 3 unspecified atom stereocenters. The minimum atomic E-state index is 0.236. The van der Waals surface area contributed by atoms with Crippen molar-refractivity contribution in [2.24, 2.45) is 0 Å². The van der Waals surface area contributed by atoms with Crippen LogP contribution in [-0.4, -0.2) is 18.7 Å². The summed E-state index contributed by atoms with van der Waals surface area (Å²) in [6, 6.07) is 5.22. The molecule has 3 atom stereocenters. The maximum Gasteiger partial charge on any atom is 0.107 e. The second kappa shape index (κ2) is 4.43. The molecular formula is C11H17NOS. The van der Waals surface area contributed by atoms with Gasteiger partial charge < -0.3 is 10.1 Å². The van der Waals surface area contributed by atoms with Crippen LogP contribution in [0.1, 0.15) is 31.2 Å². The molecule has 0 spiro atoms. The standard InChI is InChI=1S/C11H17NOS/c1-8-5-6-13-11(9(2)12-8)10-4-3-7-14-10/h3-4,7-9,11-12H,5-6H2,1-2H3. The smallest absolute Gasteiger partial charge is 0.107 e. The van der Waals surface area contributed by atoms with Crippen molar-refractivity contribution < 1.29 is 4.74 Å². The first-order chi connectivity index (χ1) is 6.77. The molecule has 0 amide bonds. The first kappa shape index (κ1) is 10.1. The summed E-state index contributed by atoms with van der Waals surface area (Å²) in [4.78, 5) is 1.33. The van der Waals surface area contributed by atoms with Crippen LogP contribution in [0.4, 0.5) is 0 Å². The van der Waals surface area contributed by atoms with Gasteiger partial charge in [-0.2, -0.15) is 0 Å². The van der Waals surface area contributed by atoms with Crippen LogP contribution in [0, 0.1) is 0 Å². The van der Waals surface area contributed by atoms with Crippen LogP contribution in [0.25, 0.3) is 0 Å². The highest BCUT2D eigenvalue weighted by Crippen LogP contribution is 2.27. The molecule has 2 heterocycles. The summed E-state index contributed by atoms with van der Waals surface area (Å²) >= 11 is 1.78. The molecule has 14 heavy (non-hydrogen) atoms. The second-order valence-electron chi connectivity index (χ2n) is 3.95. The van der Waals surface area contributed by atoms with Crippen molar-refractivity contribution in [2.45, 2.75) is 38.5 Å². The largest absolute Gasteiger partial charge is 0.371 e. The van der Waals surface area contributed by atoms with Gasteiger partial charge in [0.2, 0.25) is 0 Å². The van der Waals surface area contributed by atoms with Gasteiger partial charge in [-0.25, -0.2) is 0 Å². The summed E-state index contributed by atoms with van der Waals surface area (Å²) in [6.07, 6.45) is 1.34. The summed E-state index contributed by atoms with van der Waals surface area (Å²) in [5.74, 6) is 0. The maximum absolute atomic E-state index is 5.88. The van der Waals surface area contributed by atoms with Crippen LogP contribution in [0.15, 0.2) is 17.5 Å². The number of hydrogen-bond acceptors (Lipinski definition) is 3. The van der Waals surface area contributed by atoms with Crippen molar-refractivity contribution in [3.63, 3.8) is 0 Å². The molecule has 1 fully saturated rings. The van der Waals surface area contributed by atoms with Gasteiger partial charge in [0.05, 0.1) is 0 Å². The van der Waals surface area contributed by atoms with Gasteiger partial charge in [-0.05, 0) is 31.7 Å². The third kappa shape index (κ3) is 2.16. The Bertz CT molecular complexity index is 273. The van der Waals surface area contributed by atoms with Crippen LogP contribution in [0.3, 0.4) is 0 Å². The summed E-state index contributed by atoms with van der Waals surface area (Å²) in [5.41, 5.74) is 0. The topological polar surface area (TPSA) is 21.3 Å². The van der Waals surface area contributed by atoms with Gasteiger partial charge in [0.15, 0.2) is 0 Å². The highest BCUT2D eigenvalue weighted by atomic mass is 32.1. The second-order valence-corrected chi connectivity index (χ2v) is 4.93. The lowest BCUT2D eigenvalue weighted by molar-refractivity contribution is 0.0486.